The van der Waals surface area contributed by atoms with Gasteiger partial charge in [0.15, 0.2) is 0 Å². The van der Waals surface area contributed by atoms with Crippen molar-refractivity contribution >= 4 is 11.6 Å². The van der Waals surface area contributed by atoms with E-state index >= 15 is 0 Å². The lowest BCUT2D eigenvalue weighted by atomic mass is 9.89. The van der Waals surface area contributed by atoms with Gasteiger partial charge in [-0.2, -0.15) is 0 Å². The van der Waals surface area contributed by atoms with Crippen LogP contribution < -0.4 is 5.32 Å². The molecule has 2 unspecified atom stereocenters. The highest BCUT2D eigenvalue weighted by Crippen LogP contribution is 2.48. The van der Waals surface area contributed by atoms with Gasteiger partial charge >= 0.3 is 0 Å². The van der Waals surface area contributed by atoms with Crippen molar-refractivity contribution in [1.82, 2.24) is 5.32 Å². The molecule has 0 aromatic heterocycles. The summed E-state index contributed by atoms with van der Waals surface area (Å²) in [5, 5.41) is 4.56. The lowest BCUT2D eigenvalue weighted by molar-refractivity contribution is 0.373. The molecule has 2 bridgehead atoms. The predicted molar refractivity (Wildman–Crippen MR) is 58.5 cm³/mol. The molecule has 1 aromatic rings. The highest BCUT2D eigenvalue weighted by molar-refractivity contribution is 6.31. The monoisotopic (exact) mass is 207 g/mol. The summed E-state index contributed by atoms with van der Waals surface area (Å²) in [6.45, 7) is 1.17. The van der Waals surface area contributed by atoms with Crippen molar-refractivity contribution in [2.75, 3.05) is 6.54 Å². The molecule has 0 radical (unpaired) electrons. The summed E-state index contributed by atoms with van der Waals surface area (Å²) in [4.78, 5) is 0. The molecule has 2 aliphatic rings. The van der Waals surface area contributed by atoms with Crippen LogP contribution >= 0.6 is 11.6 Å². The maximum absolute atomic E-state index is 6.25. The SMILES string of the molecule is Clc1ccccc1C12CCC(CN1)C2. The van der Waals surface area contributed by atoms with Gasteiger partial charge in [0.05, 0.1) is 0 Å². The molecule has 1 nitrogen and oxygen atoms in total. The van der Waals surface area contributed by atoms with Crippen LogP contribution in [0.15, 0.2) is 24.3 Å². The normalized spacial score (nSPS) is 35.1. The zero-order valence-electron chi connectivity index (χ0n) is 8.09. The highest BCUT2D eigenvalue weighted by Gasteiger charge is 2.46. The number of piperidine rings is 1. The Balaban J connectivity index is 2.06. The van der Waals surface area contributed by atoms with Gasteiger partial charge in [-0.05, 0) is 43.4 Å². The van der Waals surface area contributed by atoms with Gasteiger partial charge in [0.2, 0.25) is 0 Å². The number of halogens is 1. The minimum Gasteiger partial charge on any atom is -0.307 e. The minimum absolute atomic E-state index is 0.211. The summed E-state index contributed by atoms with van der Waals surface area (Å²) < 4.78 is 0. The topological polar surface area (TPSA) is 12.0 Å². The van der Waals surface area contributed by atoms with E-state index in [1.54, 1.807) is 0 Å². The van der Waals surface area contributed by atoms with Crippen LogP contribution in [-0.4, -0.2) is 6.54 Å². The van der Waals surface area contributed by atoms with Crippen LogP contribution in [0.1, 0.15) is 24.8 Å². The van der Waals surface area contributed by atoms with E-state index in [2.05, 4.69) is 17.4 Å². The lowest BCUT2D eigenvalue weighted by Crippen LogP contribution is -2.37. The Labute approximate surface area is 89.5 Å². The molecular weight excluding hydrogens is 194 g/mol. The van der Waals surface area contributed by atoms with Crippen LogP contribution in [-0.2, 0) is 5.54 Å². The first-order valence-electron chi connectivity index (χ1n) is 5.30. The van der Waals surface area contributed by atoms with Gasteiger partial charge in [-0.25, -0.2) is 0 Å². The van der Waals surface area contributed by atoms with Crippen molar-refractivity contribution in [3.05, 3.63) is 34.9 Å². The number of benzene rings is 1. The largest absolute Gasteiger partial charge is 0.307 e. The molecule has 74 valence electrons. The molecule has 1 N–H and O–H groups in total. The van der Waals surface area contributed by atoms with E-state index in [4.69, 9.17) is 11.6 Å². The number of fused-ring (bicyclic) bond motifs is 2. The van der Waals surface area contributed by atoms with Crippen LogP contribution in [0.4, 0.5) is 0 Å². The molecule has 1 heterocycles. The first-order chi connectivity index (χ1) is 6.80. The quantitative estimate of drug-likeness (QED) is 0.747. The second-order valence-electron chi connectivity index (χ2n) is 4.55. The molecule has 0 spiro atoms. The smallest absolute Gasteiger partial charge is 0.0456 e. The zero-order chi connectivity index (χ0) is 9.60. The Hall–Kier alpha value is -0.530. The van der Waals surface area contributed by atoms with Crippen molar-refractivity contribution in [2.45, 2.75) is 24.8 Å². The summed E-state index contributed by atoms with van der Waals surface area (Å²) in [5.41, 5.74) is 1.52. The Kier molecular flexibility index (Phi) is 1.86. The third-order valence-corrected chi connectivity index (χ3v) is 4.06. The second-order valence-corrected chi connectivity index (χ2v) is 4.96. The Morgan fingerprint density at radius 2 is 2.21 bits per heavy atom. The first-order valence-corrected chi connectivity index (χ1v) is 5.68. The van der Waals surface area contributed by atoms with Gasteiger partial charge in [0.1, 0.15) is 0 Å². The number of hydrogen-bond donors (Lipinski definition) is 1. The number of hydrogen-bond acceptors (Lipinski definition) is 1. The van der Waals surface area contributed by atoms with Crippen molar-refractivity contribution < 1.29 is 0 Å². The Morgan fingerprint density at radius 3 is 2.79 bits per heavy atom. The standard InChI is InChI=1S/C12H14ClN/c13-11-4-2-1-3-10(11)12-6-5-9(7-12)8-14-12/h1-4,9,14H,5-8H2. The van der Waals surface area contributed by atoms with E-state index in [1.165, 1.54) is 31.4 Å². The second kappa shape index (κ2) is 2.98. The molecule has 1 saturated carbocycles. The Morgan fingerprint density at radius 1 is 1.36 bits per heavy atom. The maximum Gasteiger partial charge on any atom is 0.0456 e. The molecule has 2 atom stereocenters. The maximum atomic E-state index is 6.25. The lowest BCUT2D eigenvalue weighted by Gasteiger charge is -2.29. The number of nitrogens with one attached hydrogen (secondary N) is 1. The fourth-order valence-corrected chi connectivity index (χ4v) is 3.33. The molecular formula is C12H14ClN. The third-order valence-electron chi connectivity index (χ3n) is 3.74. The molecule has 14 heavy (non-hydrogen) atoms. The molecule has 0 amide bonds. The summed E-state index contributed by atoms with van der Waals surface area (Å²) in [6, 6.07) is 8.26. The number of rotatable bonds is 1. The van der Waals surface area contributed by atoms with E-state index < -0.39 is 0 Å². The van der Waals surface area contributed by atoms with Crippen LogP contribution in [0.5, 0.6) is 0 Å². The van der Waals surface area contributed by atoms with Crippen LogP contribution in [0.25, 0.3) is 0 Å². The average molecular weight is 208 g/mol. The molecule has 1 saturated heterocycles. The van der Waals surface area contributed by atoms with E-state index in [0.29, 0.717) is 0 Å². The summed E-state index contributed by atoms with van der Waals surface area (Å²) in [7, 11) is 0. The average Bonchev–Trinajstić information content (AvgIpc) is 2.79. The van der Waals surface area contributed by atoms with Gasteiger partial charge in [-0.15, -0.1) is 0 Å². The molecule has 2 fully saturated rings. The van der Waals surface area contributed by atoms with Crippen molar-refractivity contribution in [3.63, 3.8) is 0 Å². The van der Waals surface area contributed by atoms with Crippen molar-refractivity contribution in [1.29, 1.82) is 0 Å². The van der Waals surface area contributed by atoms with Gasteiger partial charge in [-0.3, -0.25) is 0 Å². The molecule has 1 aliphatic heterocycles. The fourth-order valence-electron chi connectivity index (χ4n) is 3.01. The van der Waals surface area contributed by atoms with Gasteiger partial charge in [0, 0.05) is 10.6 Å². The molecule has 1 aromatic carbocycles. The summed E-state index contributed by atoms with van der Waals surface area (Å²) in [5.74, 6) is 0.881. The van der Waals surface area contributed by atoms with Gasteiger partial charge < -0.3 is 5.32 Å². The van der Waals surface area contributed by atoms with E-state index in [1.807, 2.05) is 12.1 Å². The summed E-state index contributed by atoms with van der Waals surface area (Å²) in [6.07, 6.45) is 3.89. The first kappa shape index (κ1) is 8.75. The van der Waals surface area contributed by atoms with E-state index in [-0.39, 0.29) is 5.54 Å². The van der Waals surface area contributed by atoms with E-state index in [0.717, 1.165) is 10.9 Å². The predicted octanol–water partition coefficient (Wildman–Crippen LogP) is 2.94. The summed E-state index contributed by atoms with van der Waals surface area (Å²) >= 11 is 6.25. The third kappa shape index (κ3) is 1.12. The minimum atomic E-state index is 0.211. The van der Waals surface area contributed by atoms with Gasteiger partial charge in [0.25, 0.3) is 0 Å². The van der Waals surface area contributed by atoms with E-state index in [9.17, 15) is 0 Å². The van der Waals surface area contributed by atoms with Crippen molar-refractivity contribution in [2.24, 2.45) is 5.92 Å². The molecule has 1 aliphatic carbocycles. The van der Waals surface area contributed by atoms with Crippen LogP contribution in [0.3, 0.4) is 0 Å². The van der Waals surface area contributed by atoms with Crippen LogP contribution in [0.2, 0.25) is 5.02 Å². The van der Waals surface area contributed by atoms with Crippen molar-refractivity contribution in [3.8, 4) is 0 Å². The highest BCUT2D eigenvalue weighted by atomic mass is 35.5. The Bertz CT molecular complexity index is 353. The zero-order valence-corrected chi connectivity index (χ0v) is 8.85. The van der Waals surface area contributed by atoms with Crippen LogP contribution in [0, 0.1) is 5.92 Å². The van der Waals surface area contributed by atoms with Gasteiger partial charge in [-0.1, -0.05) is 29.8 Å². The molecule has 3 rings (SSSR count). The molecule has 2 heteroatoms. The fraction of sp³-hybridized carbons (Fsp3) is 0.500.